The van der Waals surface area contributed by atoms with Crippen molar-refractivity contribution in [3.05, 3.63) is 106 Å². The van der Waals surface area contributed by atoms with Gasteiger partial charge >= 0.3 is 0 Å². The molecule has 0 unspecified atom stereocenters. The van der Waals surface area contributed by atoms with Gasteiger partial charge < -0.3 is 4.74 Å². The van der Waals surface area contributed by atoms with Gasteiger partial charge in [-0.1, -0.05) is 84.6 Å². The Kier molecular flexibility index (Phi) is 6.26. The zero-order valence-electron chi connectivity index (χ0n) is 16.0. The molecule has 1 saturated heterocycles. The lowest BCUT2D eigenvalue weighted by Gasteiger charge is -2.14. The minimum atomic E-state index is -0.296. The van der Waals surface area contributed by atoms with Crippen molar-refractivity contribution in [2.45, 2.75) is 13.2 Å². The first kappa shape index (κ1) is 20.3. The Bertz CT molecular complexity index is 1110. The lowest BCUT2D eigenvalue weighted by molar-refractivity contribution is -0.122. The molecule has 1 amide bonds. The summed E-state index contributed by atoms with van der Waals surface area (Å²) in [6.45, 7) is 0.587. The molecule has 0 aromatic heterocycles. The molecule has 0 aliphatic carbocycles. The van der Waals surface area contributed by atoms with Gasteiger partial charge in [0.05, 0.1) is 11.4 Å². The predicted molar refractivity (Wildman–Crippen MR) is 122 cm³/mol. The van der Waals surface area contributed by atoms with Crippen molar-refractivity contribution in [1.29, 1.82) is 0 Å². The maximum absolute atomic E-state index is 13.8. The molecule has 0 N–H and O–H groups in total. The van der Waals surface area contributed by atoms with E-state index in [2.05, 4.69) is 0 Å². The first-order chi connectivity index (χ1) is 14.6. The largest absolute Gasteiger partial charge is 0.489 e. The maximum atomic E-state index is 13.8. The minimum absolute atomic E-state index is 0.105. The van der Waals surface area contributed by atoms with Crippen LogP contribution in [-0.4, -0.2) is 15.1 Å². The Labute approximate surface area is 184 Å². The fourth-order valence-electron chi connectivity index (χ4n) is 3.02. The second-order valence-corrected chi connectivity index (χ2v) is 8.38. The Morgan fingerprint density at radius 3 is 2.57 bits per heavy atom. The van der Waals surface area contributed by atoms with Gasteiger partial charge in [-0.25, -0.2) is 4.39 Å². The second-order valence-electron chi connectivity index (χ2n) is 6.71. The number of benzene rings is 3. The summed E-state index contributed by atoms with van der Waals surface area (Å²) in [5.74, 6) is 0.203. The van der Waals surface area contributed by atoms with Gasteiger partial charge in [-0.3, -0.25) is 9.69 Å². The average Bonchev–Trinajstić information content (AvgIpc) is 3.01. The normalized spacial score (nSPS) is 15.1. The Hall–Kier alpha value is -2.96. The van der Waals surface area contributed by atoms with Crippen molar-refractivity contribution in [2.75, 3.05) is 0 Å². The number of hydrogen-bond donors (Lipinski definition) is 0. The number of amides is 1. The molecule has 0 saturated carbocycles. The number of ether oxygens (including phenoxy) is 1. The first-order valence-electron chi connectivity index (χ1n) is 9.36. The molecule has 0 spiro atoms. The number of nitrogens with zero attached hydrogens (tertiary/aromatic N) is 1. The number of carbonyl (C=O) groups is 1. The zero-order chi connectivity index (χ0) is 20.9. The standard InChI is InChI=1S/C24H18FNO2S2/c25-21-12-5-4-10-19(21)16-28-20-11-6-9-18(13-20)14-22-23(27)26(24(29)30-22)15-17-7-2-1-3-8-17/h1-14H,15-16H2/b22-14-. The van der Waals surface area contributed by atoms with Crippen LogP contribution < -0.4 is 4.74 Å². The molecule has 0 bridgehead atoms. The summed E-state index contributed by atoms with van der Waals surface area (Å²) in [6.07, 6.45) is 1.81. The molecule has 150 valence electrons. The van der Waals surface area contributed by atoms with Crippen molar-refractivity contribution >= 4 is 40.3 Å². The number of thioether (sulfide) groups is 1. The monoisotopic (exact) mass is 435 g/mol. The Morgan fingerprint density at radius 1 is 1.00 bits per heavy atom. The molecule has 0 atom stereocenters. The third-order valence-corrected chi connectivity index (χ3v) is 5.94. The minimum Gasteiger partial charge on any atom is -0.489 e. The van der Waals surface area contributed by atoms with E-state index in [9.17, 15) is 9.18 Å². The molecule has 3 aromatic carbocycles. The summed E-state index contributed by atoms with van der Waals surface area (Å²) < 4.78 is 20.0. The van der Waals surface area contributed by atoms with Gasteiger partial charge in [-0.15, -0.1) is 0 Å². The summed E-state index contributed by atoms with van der Waals surface area (Å²) in [7, 11) is 0. The van der Waals surface area contributed by atoms with Crippen molar-refractivity contribution in [3.63, 3.8) is 0 Å². The molecule has 4 rings (SSSR count). The second kappa shape index (κ2) is 9.24. The molecule has 3 nitrogen and oxygen atoms in total. The van der Waals surface area contributed by atoms with Gasteiger partial charge in [-0.05, 0) is 35.4 Å². The SMILES string of the molecule is O=C1/C(=C/c2cccc(OCc3ccccc3F)c2)SC(=S)N1Cc1ccccc1. The Morgan fingerprint density at radius 2 is 1.77 bits per heavy atom. The molecule has 1 fully saturated rings. The molecule has 1 heterocycles. The van der Waals surface area contributed by atoms with Crippen LogP contribution in [0.25, 0.3) is 6.08 Å². The van der Waals surface area contributed by atoms with E-state index in [1.165, 1.54) is 17.8 Å². The molecular weight excluding hydrogens is 417 g/mol. The lowest BCUT2D eigenvalue weighted by atomic mass is 10.2. The smallest absolute Gasteiger partial charge is 0.266 e. The van der Waals surface area contributed by atoms with E-state index < -0.39 is 0 Å². The van der Waals surface area contributed by atoms with Crippen LogP contribution in [0.3, 0.4) is 0 Å². The van der Waals surface area contributed by atoms with Crippen LogP contribution in [0.5, 0.6) is 5.75 Å². The number of thiocarbonyl (C=S) groups is 1. The fraction of sp³-hybridized carbons (Fsp3) is 0.0833. The van der Waals surface area contributed by atoms with Crippen LogP contribution in [0.15, 0.2) is 83.8 Å². The van der Waals surface area contributed by atoms with E-state index in [-0.39, 0.29) is 18.3 Å². The number of rotatable bonds is 6. The average molecular weight is 436 g/mol. The third-order valence-electron chi connectivity index (χ3n) is 4.57. The van der Waals surface area contributed by atoms with E-state index in [1.807, 2.05) is 48.5 Å². The number of carbonyl (C=O) groups excluding carboxylic acids is 1. The van der Waals surface area contributed by atoms with Gasteiger partial charge in [0.25, 0.3) is 5.91 Å². The highest BCUT2D eigenvalue weighted by Gasteiger charge is 2.31. The fourth-order valence-corrected chi connectivity index (χ4v) is 4.28. The van der Waals surface area contributed by atoms with Gasteiger partial charge in [-0.2, -0.15) is 0 Å². The summed E-state index contributed by atoms with van der Waals surface area (Å²) in [6, 6.07) is 23.6. The van der Waals surface area contributed by atoms with Crippen molar-refractivity contribution in [3.8, 4) is 5.75 Å². The van der Waals surface area contributed by atoms with Gasteiger partial charge in [0.1, 0.15) is 22.5 Å². The molecule has 1 aliphatic heterocycles. The van der Waals surface area contributed by atoms with E-state index in [0.717, 1.165) is 11.1 Å². The van der Waals surface area contributed by atoms with Gasteiger partial charge in [0, 0.05) is 5.56 Å². The summed E-state index contributed by atoms with van der Waals surface area (Å²) in [5, 5.41) is 0. The van der Waals surface area contributed by atoms with Crippen molar-refractivity contribution in [2.24, 2.45) is 0 Å². The molecule has 6 heteroatoms. The first-order valence-corrected chi connectivity index (χ1v) is 10.6. The van der Waals surface area contributed by atoms with Gasteiger partial charge in [0.2, 0.25) is 0 Å². The molecule has 3 aromatic rings. The van der Waals surface area contributed by atoms with Crippen LogP contribution in [0.2, 0.25) is 0 Å². The van der Waals surface area contributed by atoms with Crippen LogP contribution in [0.1, 0.15) is 16.7 Å². The lowest BCUT2D eigenvalue weighted by Crippen LogP contribution is -2.27. The predicted octanol–water partition coefficient (Wildman–Crippen LogP) is 5.81. The van der Waals surface area contributed by atoms with Crippen LogP contribution in [0.4, 0.5) is 4.39 Å². The molecular formula is C24H18FNO2S2. The summed E-state index contributed by atoms with van der Waals surface area (Å²) >= 11 is 6.70. The third kappa shape index (κ3) is 4.78. The van der Waals surface area contributed by atoms with Gasteiger partial charge in [0.15, 0.2) is 0 Å². The molecule has 30 heavy (non-hydrogen) atoms. The highest BCUT2D eigenvalue weighted by Crippen LogP contribution is 2.34. The highest BCUT2D eigenvalue weighted by atomic mass is 32.2. The van der Waals surface area contributed by atoms with Crippen molar-refractivity contribution < 1.29 is 13.9 Å². The van der Waals surface area contributed by atoms with Crippen LogP contribution in [0, 0.1) is 5.82 Å². The van der Waals surface area contributed by atoms with E-state index in [1.54, 1.807) is 35.2 Å². The highest BCUT2D eigenvalue weighted by molar-refractivity contribution is 8.26. The van der Waals surface area contributed by atoms with E-state index in [4.69, 9.17) is 17.0 Å². The number of halogens is 1. The van der Waals surface area contributed by atoms with Crippen molar-refractivity contribution in [1.82, 2.24) is 4.90 Å². The van der Waals surface area contributed by atoms with E-state index >= 15 is 0 Å². The summed E-state index contributed by atoms with van der Waals surface area (Å²) in [4.78, 5) is 15.0. The molecule has 1 aliphatic rings. The quantitative estimate of drug-likeness (QED) is 0.361. The van der Waals surface area contributed by atoms with Crippen LogP contribution in [-0.2, 0) is 17.9 Å². The zero-order valence-corrected chi connectivity index (χ0v) is 17.6. The summed E-state index contributed by atoms with van der Waals surface area (Å²) in [5.41, 5.74) is 2.34. The maximum Gasteiger partial charge on any atom is 0.266 e. The molecule has 0 radical (unpaired) electrons. The van der Waals surface area contributed by atoms with E-state index in [0.29, 0.717) is 27.1 Å². The topological polar surface area (TPSA) is 29.5 Å². The van der Waals surface area contributed by atoms with Crippen LogP contribution >= 0.6 is 24.0 Å². The number of hydrogen-bond acceptors (Lipinski definition) is 4. The Balaban J connectivity index is 1.47.